The summed E-state index contributed by atoms with van der Waals surface area (Å²) in [6.45, 7) is 5.58. The predicted octanol–water partition coefficient (Wildman–Crippen LogP) is 3.03. The van der Waals surface area contributed by atoms with E-state index in [2.05, 4.69) is 5.32 Å². The van der Waals surface area contributed by atoms with Crippen molar-refractivity contribution in [2.24, 2.45) is 5.41 Å². The van der Waals surface area contributed by atoms with Crippen molar-refractivity contribution in [2.75, 3.05) is 18.4 Å². The summed E-state index contributed by atoms with van der Waals surface area (Å²) in [4.78, 5) is 27.3. The molecule has 2 fully saturated rings. The van der Waals surface area contributed by atoms with E-state index >= 15 is 0 Å². The molecular formula is C18H24N2O2. The number of hydrogen-bond acceptors (Lipinski definition) is 2. The third-order valence-electron chi connectivity index (χ3n) is 4.88. The molecule has 3 rings (SSSR count). The number of carbonyl (C=O) groups is 2. The maximum atomic E-state index is 12.7. The van der Waals surface area contributed by atoms with Crippen LogP contribution in [0.2, 0.25) is 0 Å². The zero-order valence-corrected chi connectivity index (χ0v) is 13.4. The Bertz CT molecular complexity index is 599. The van der Waals surface area contributed by atoms with Crippen molar-refractivity contribution in [3.05, 3.63) is 29.3 Å². The Labute approximate surface area is 131 Å². The lowest BCUT2D eigenvalue weighted by molar-refractivity contribution is -0.143. The molecule has 2 aliphatic rings. The molecule has 1 heterocycles. The molecule has 1 N–H and O–H groups in total. The van der Waals surface area contributed by atoms with Crippen LogP contribution in [-0.4, -0.2) is 29.8 Å². The van der Waals surface area contributed by atoms with E-state index in [1.54, 1.807) is 0 Å². The fourth-order valence-electron chi connectivity index (χ4n) is 3.18. The van der Waals surface area contributed by atoms with Gasteiger partial charge in [0, 0.05) is 18.8 Å². The molecule has 4 nitrogen and oxygen atoms in total. The lowest BCUT2D eigenvalue weighted by atomic mass is 10.0. The summed E-state index contributed by atoms with van der Waals surface area (Å²) in [5, 5.41) is 2.99. The Hall–Kier alpha value is -1.84. The summed E-state index contributed by atoms with van der Waals surface area (Å²) in [5.41, 5.74) is 2.16. The SMILES string of the molecule is Cc1ccc(C)c(NC(=O)C2(C(=O)N3CCCCC3)CC2)c1. The number of hydrogen-bond donors (Lipinski definition) is 1. The highest BCUT2D eigenvalue weighted by Crippen LogP contribution is 2.48. The second-order valence-electron chi connectivity index (χ2n) is 6.71. The molecular weight excluding hydrogens is 276 g/mol. The number of nitrogens with one attached hydrogen (secondary N) is 1. The molecule has 2 amide bonds. The second-order valence-corrected chi connectivity index (χ2v) is 6.71. The van der Waals surface area contributed by atoms with Crippen molar-refractivity contribution < 1.29 is 9.59 Å². The average molecular weight is 300 g/mol. The minimum Gasteiger partial charge on any atom is -0.342 e. The van der Waals surface area contributed by atoms with Crippen LogP contribution >= 0.6 is 0 Å². The Balaban J connectivity index is 1.73. The first-order valence-electron chi connectivity index (χ1n) is 8.21. The highest BCUT2D eigenvalue weighted by Gasteiger charge is 2.58. The third-order valence-corrected chi connectivity index (χ3v) is 4.88. The molecule has 1 aliphatic heterocycles. The van der Waals surface area contributed by atoms with Gasteiger partial charge in [0.05, 0.1) is 0 Å². The third kappa shape index (κ3) is 2.74. The fourth-order valence-corrected chi connectivity index (χ4v) is 3.18. The number of aryl methyl sites for hydroxylation is 2. The van der Waals surface area contributed by atoms with Gasteiger partial charge in [-0.3, -0.25) is 9.59 Å². The Kier molecular flexibility index (Phi) is 3.94. The van der Waals surface area contributed by atoms with Gasteiger partial charge in [0.2, 0.25) is 11.8 Å². The van der Waals surface area contributed by atoms with Gasteiger partial charge in [0.25, 0.3) is 0 Å². The topological polar surface area (TPSA) is 49.4 Å². The van der Waals surface area contributed by atoms with Crippen LogP contribution in [0.25, 0.3) is 0 Å². The molecule has 0 bridgehead atoms. The van der Waals surface area contributed by atoms with Gasteiger partial charge in [0.15, 0.2) is 0 Å². The molecule has 0 radical (unpaired) electrons. The number of nitrogens with zero attached hydrogens (tertiary/aromatic N) is 1. The first-order valence-corrected chi connectivity index (χ1v) is 8.21. The fraction of sp³-hybridized carbons (Fsp3) is 0.556. The molecule has 0 aromatic heterocycles. The van der Waals surface area contributed by atoms with Crippen LogP contribution in [-0.2, 0) is 9.59 Å². The lowest BCUT2D eigenvalue weighted by Gasteiger charge is -2.30. The summed E-state index contributed by atoms with van der Waals surface area (Å²) in [5.74, 6) is -0.0909. The van der Waals surface area contributed by atoms with Gasteiger partial charge < -0.3 is 10.2 Å². The quantitative estimate of drug-likeness (QED) is 0.872. The van der Waals surface area contributed by atoms with Crippen molar-refractivity contribution >= 4 is 17.5 Å². The number of anilines is 1. The molecule has 0 unspecified atom stereocenters. The van der Waals surface area contributed by atoms with Gasteiger partial charge in [-0.25, -0.2) is 0 Å². The smallest absolute Gasteiger partial charge is 0.240 e. The van der Waals surface area contributed by atoms with Crippen molar-refractivity contribution in [3.8, 4) is 0 Å². The first-order chi connectivity index (χ1) is 10.5. The van der Waals surface area contributed by atoms with Crippen molar-refractivity contribution in [1.82, 2.24) is 4.90 Å². The van der Waals surface area contributed by atoms with Crippen LogP contribution < -0.4 is 5.32 Å². The minimum atomic E-state index is -0.798. The number of carbonyl (C=O) groups excluding carboxylic acids is 2. The molecule has 0 atom stereocenters. The van der Waals surface area contributed by atoms with Gasteiger partial charge in [-0.1, -0.05) is 12.1 Å². The molecule has 118 valence electrons. The number of benzene rings is 1. The summed E-state index contributed by atoms with van der Waals surface area (Å²) in [6, 6.07) is 5.99. The Morgan fingerprint density at radius 2 is 1.77 bits per heavy atom. The highest BCUT2D eigenvalue weighted by molar-refractivity contribution is 6.13. The second kappa shape index (κ2) is 5.75. The van der Waals surface area contributed by atoms with Gasteiger partial charge in [-0.15, -0.1) is 0 Å². The van der Waals surface area contributed by atoms with Crippen molar-refractivity contribution in [1.29, 1.82) is 0 Å². The minimum absolute atomic E-state index is 0.0370. The van der Waals surface area contributed by atoms with Gasteiger partial charge in [0.1, 0.15) is 5.41 Å². The summed E-state index contributed by atoms with van der Waals surface area (Å²) in [6.07, 6.45) is 4.66. The summed E-state index contributed by atoms with van der Waals surface area (Å²) in [7, 11) is 0. The molecule has 1 aromatic carbocycles. The molecule has 4 heteroatoms. The maximum absolute atomic E-state index is 12.7. The number of piperidine rings is 1. The predicted molar refractivity (Wildman–Crippen MR) is 86.6 cm³/mol. The van der Waals surface area contributed by atoms with E-state index in [9.17, 15) is 9.59 Å². The molecule has 1 saturated heterocycles. The number of rotatable bonds is 3. The standard InChI is InChI=1S/C18H24N2O2/c1-13-6-7-14(2)15(12-13)19-16(21)18(8-9-18)17(22)20-10-4-3-5-11-20/h6-7,12H,3-5,8-11H2,1-2H3,(H,19,21). The highest BCUT2D eigenvalue weighted by atomic mass is 16.2. The van der Waals surface area contributed by atoms with Crippen molar-refractivity contribution in [2.45, 2.75) is 46.0 Å². The molecule has 22 heavy (non-hydrogen) atoms. The molecule has 1 aromatic rings. The average Bonchev–Trinajstić information content (AvgIpc) is 3.33. The van der Waals surface area contributed by atoms with Crippen LogP contribution in [0.1, 0.15) is 43.2 Å². The van der Waals surface area contributed by atoms with Gasteiger partial charge in [-0.05, 0) is 63.1 Å². The van der Waals surface area contributed by atoms with E-state index in [4.69, 9.17) is 0 Å². The van der Waals surface area contributed by atoms with E-state index in [0.29, 0.717) is 12.8 Å². The zero-order chi connectivity index (χ0) is 15.7. The number of likely N-dealkylation sites (tertiary alicyclic amines) is 1. The molecule has 1 aliphatic carbocycles. The maximum Gasteiger partial charge on any atom is 0.240 e. The number of amides is 2. The monoisotopic (exact) mass is 300 g/mol. The molecule has 1 saturated carbocycles. The van der Waals surface area contributed by atoms with Gasteiger partial charge >= 0.3 is 0 Å². The molecule has 0 spiro atoms. The van der Waals surface area contributed by atoms with E-state index < -0.39 is 5.41 Å². The van der Waals surface area contributed by atoms with Crippen LogP contribution in [0.4, 0.5) is 5.69 Å². The van der Waals surface area contributed by atoms with E-state index in [-0.39, 0.29) is 11.8 Å². The first kappa shape index (κ1) is 15.1. The van der Waals surface area contributed by atoms with Crippen LogP contribution in [0, 0.1) is 19.3 Å². The van der Waals surface area contributed by atoms with E-state index in [1.165, 1.54) is 6.42 Å². The van der Waals surface area contributed by atoms with Crippen molar-refractivity contribution in [3.63, 3.8) is 0 Å². The Morgan fingerprint density at radius 1 is 1.09 bits per heavy atom. The Morgan fingerprint density at radius 3 is 2.41 bits per heavy atom. The van der Waals surface area contributed by atoms with E-state index in [0.717, 1.165) is 42.7 Å². The largest absolute Gasteiger partial charge is 0.342 e. The van der Waals surface area contributed by atoms with E-state index in [1.807, 2.05) is 36.9 Å². The zero-order valence-electron chi connectivity index (χ0n) is 13.4. The normalized spacial score (nSPS) is 19.6. The van der Waals surface area contributed by atoms with Gasteiger partial charge in [-0.2, -0.15) is 0 Å². The van der Waals surface area contributed by atoms with Crippen LogP contribution in [0.15, 0.2) is 18.2 Å². The van der Waals surface area contributed by atoms with Crippen LogP contribution in [0.3, 0.4) is 0 Å². The summed E-state index contributed by atoms with van der Waals surface area (Å²) >= 11 is 0. The summed E-state index contributed by atoms with van der Waals surface area (Å²) < 4.78 is 0. The lowest BCUT2D eigenvalue weighted by Crippen LogP contribution is -2.45. The van der Waals surface area contributed by atoms with Crippen LogP contribution in [0.5, 0.6) is 0 Å².